The van der Waals surface area contributed by atoms with E-state index in [1.165, 1.54) is 55.8 Å². The van der Waals surface area contributed by atoms with Crippen molar-refractivity contribution in [2.45, 2.75) is 136 Å². The number of ether oxygens (including phenoxy) is 3. The topological polar surface area (TPSA) is 27.7 Å². The second kappa shape index (κ2) is 22.8. The zero-order valence-corrected chi connectivity index (χ0v) is 23.0. The highest BCUT2D eigenvalue weighted by atomic mass is 127. The lowest BCUT2D eigenvalue weighted by Gasteiger charge is -2.40. The Kier molecular flexibility index (Phi) is 23.3. The summed E-state index contributed by atoms with van der Waals surface area (Å²) in [7, 11) is 0. The molecular formula is C26H53IO3. The molecule has 0 heterocycles. The van der Waals surface area contributed by atoms with Crippen molar-refractivity contribution in [1.29, 1.82) is 0 Å². The Bertz CT molecular complexity index is 312. The van der Waals surface area contributed by atoms with Gasteiger partial charge in [0, 0.05) is 5.92 Å². The van der Waals surface area contributed by atoms with Crippen molar-refractivity contribution < 1.29 is 14.2 Å². The van der Waals surface area contributed by atoms with Crippen LogP contribution in [0.5, 0.6) is 0 Å². The fourth-order valence-electron chi connectivity index (χ4n) is 3.71. The molecule has 0 N–H and O–H groups in total. The molecule has 0 bridgehead atoms. The largest absolute Gasteiger partial charge is 0.327 e. The molecule has 4 heteroatoms. The van der Waals surface area contributed by atoms with Crippen molar-refractivity contribution in [1.82, 2.24) is 0 Å². The molecular weight excluding hydrogens is 487 g/mol. The third-order valence-electron chi connectivity index (χ3n) is 5.75. The average molecular weight is 541 g/mol. The van der Waals surface area contributed by atoms with Gasteiger partial charge in [0.1, 0.15) is 0 Å². The normalized spacial score (nSPS) is 13.1. The molecule has 3 nitrogen and oxygen atoms in total. The zero-order chi connectivity index (χ0) is 22.3. The molecule has 0 rings (SSSR count). The summed E-state index contributed by atoms with van der Waals surface area (Å²) in [5.41, 5.74) is 0. The quantitative estimate of drug-likeness (QED) is 0.0529. The fourth-order valence-corrected chi connectivity index (χ4v) is 4.25. The smallest absolute Gasteiger partial charge is 0.285 e. The Morgan fingerprint density at radius 2 is 0.933 bits per heavy atom. The number of unbranched alkanes of at least 4 members (excludes halogenated alkanes) is 9. The predicted octanol–water partition coefficient (Wildman–Crippen LogP) is 9.06. The van der Waals surface area contributed by atoms with Gasteiger partial charge in [0.05, 0.1) is 19.8 Å². The van der Waals surface area contributed by atoms with E-state index in [0.29, 0.717) is 5.92 Å². The van der Waals surface area contributed by atoms with Gasteiger partial charge in [-0.25, -0.2) is 0 Å². The van der Waals surface area contributed by atoms with Crippen LogP contribution >= 0.6 is 22.6 Å². The van der Waals surface area contributed by atoms with Gasteiger partial charge in [-0.3, -0.25) is 0 Å². The van der Waals surface area contributed by atoms with Crippen LogP contribution < -0.4 is 0 Å². The molecule has 0 saturated heterocycles. The number of hydrogen-bond acceptors (Lipinski definition) is 3. The highest BCUT2D eigenvalue weighted by molar-refractivity contribution is 14.1. The van der Waals surface area contributed by atoms with Crippen LogP contribution in [0.3, 0.4) is 0 Å². The summed E-state index contributed by atoms with van der Waals surface area (Å²) < 4.78 is 20.7. The fraction of sp³-hybridized carbons (Fsp3) is 1.00. The molecule has 182 valence electrons. The Morgan fingerprint density at radius 1 is 0.533 bits per heavy atom. The van der Waals surface area contributed by atoms with Crippen molar-refractivity contribution >= 4 is 22.6 Å². The van der Waals surface area contributed by atoms with E-state index in [-0.39, 0.29) is 0 Å². The number of alkyl halides is 1. The Labute approximate surface area is 202 Å². The average Bonchev–Trinajstić information content (AvgIpc) is 2.75. The first-order valence-corrected chi connectivity index (χ1v) is 14.7. The van der Waals surface area contributed by atoms with Crippen LogP contribution in [0.4, 0.5) is 0 Å². The highest BCUT2D eigenvalue weighted by Crippen LogP contribution is 2.35. The van der Waals surface area contributed by atoms with Crippen LogP contribution in [0, 0.1) is 5.92 Å². The maximum absolute atomic E-state index is 6.51. The lowest BCUT2D eigenvalue weighted by atomic mass is 9.92. The summed E-state index contributed by atoms with van der Waals surface area (Å²) in [5, 5.41) is 0. The van der Waals surface area contributed by atoms with Crippen molar-refractivity contribution in [2.75, 3.05) is 24.2 Å². The molecule has 1 unspecified atom stereocenters. The first-order chi connectivity index (χ1) is 14.7. The SMILES string of the molecule is CCCCCCCCC(CCCCI)C(OCCCC)(OCCCC)OCCCC. The molecule has 0 aromatic carbocycles. The third-order valence-corrected chi connectivity index (χ3v) is 6.51. The standard InChI is InChI=1S/C26H53IO3/c1-5-9-13-14-15-16-19-25(20-17-18-21-27)26(28-22-10-6-2,29-23-11-7-3)30-24-12-8-4/h25H,5-24H2,1-4H3. The van der Waals surface area contributed by atoms with Crippen LogP contribution in [-0.4, -0.2) is 30.2 Å². The summed E-state index contributed by atoms with van der Waals surface area (Å²) in [6, 6.07) is 0. The van der Waals surface area contributed by atoms with Gasteiger partial charge in [-0.15, -0.1) is 0 Å². The van der Waals surface area contributed by atoms with Crippen molar-refractivity contribution in [3.63, 3.8) is 0 Å². The van der Waals surface area contributed by atoms with E-state index < -0.39 is 5.97 Å². The molecule has 0 aliphatic heterocycles. The van der Waals surface area contributed by atoms with E-state index in [2.05, 4.69) is 50.3 Å². The summed E-state index contributed by atoms with van der Waals surface area (Å²) >= 11 is 2.49. The third kappa shape index (κ3) is 15.4. The van der Waals surface area contributed by atoms with Gasteiger partial charge >= 0.3 is 0 Å². The van der Waals surface area contributed by atoms with E-state index >= 15 is 0 Å². The molecule has 0 fully saturated rings. The molecule has 0 aliphatic carbocycles. The molecule has 0 aromatic rings. The van der Waals surface area contributed by atoms with E-state index in [9.17, 15) is 0 Å². The van der Waals surface area contributed by atoms with Crippen LogP contribution in [0.25, 0.3) is 0 Å². The van der Waals surface area contributed by atoms with Crippen LogP contribution in [-0.2, 0) is 14.2 Å². The summed E-state index contributed by atoms with van der Waals surface area (Å²) in [6.45, 7) is 11.1. The lowest BCUT2D eigenvalue weighted by molar-refractivity contribution is -0.407. The van der Waals surface area contributed by atoms with E-state index in [4.69, 9.17) is 14.2 Å². The maximum Gasteiger partial charge on any atom is 0.285 e. The molecule has 0 saturated carbocycles. The highest BCUT2D eigenvalue weighted by Gasteiger charge is 2.42. The molecule has 30 heavy (non-hydrogen) atoms. The van der Waals surface area contributed by atoms with E-state index in [1.54, 1.807) is 0 Å². The van der Waals surface area contributed by atoms with Gasteiger partial charge in [0.2, 0.25) is 0 Å². The Morgan fingerprint density at radius 3 is 1.37 bits per heavy atom. The molecule has 0 radical (unpaired) electrons. The summed E-state index contributed by atoms with van der Waals surface area (Å²) in [4.78, 5) is 0. The maximum atomic E-state index is 6.51. The van der Waals surface area contributed by atoms with Gasteiger partial charge < -0.3 is 14.2 Å². The minimum Gasteiger partial charge on any atom is -0.327 e. The van der Waals surface area contributed by atoms with Gasteiger partial charge in [0.25, 0.3) is 5.97 Å². The number of hydrogen-bond donors (Lipinski definition) is 0. The van der Waals surface area contributed by atoms with Gasteiger partial charge in [-0.2, -0.15) is 0 Å². The summed E-state index contributed by atoms with van der Waals surface area (Å²) in [5.74, 6) is -0.508. The summed E-state index contributed by atoms with van der Waals surface area (Å²) in [6.07, 6.45) is 19.4. The number of halogens is 1. The van der Waals surface area contributed by atoms with Crippen LogP contribution in [0.2, 0.25) is 0 Å². The minimum atomic E-state index is -0.839. The van der Waals surface area contributed by atoms with E-state index in [1.807, 2.05) is 0 Å². The molecule has 0 aliphatic rings. The minimum absolute atomic E-state index is 0.331. The first kappa shape index (κ1) is 30.6. The molecule has 0 aromatic heterocycles. The lowest BCUT2D eigenvalue weighted by Crippen LogP contribution is -2.47. The van der Waals surface area contributed by atoms with E-state index in [0.717, 1.165) is 71.2 Å². The van der Waals surface area contributed by atoms with Crippen molar-refractivity contribution in [3.05, 3.63) is 0 Å². The number of rotatable bonds is 24. The predicted molar refractivity (Wildman–Crippen MR) is 140 cm³/mol. The Balaban J connectivity index is 5.25. The van der Waals surface area contributed by atoms with Crippen LogP contribution in [0.15, 0.2) is 0 Å². The monoisotopic (exact) mass is 540 g/mol. The first-order valence-electron chi connectivity index (χ1n) is 13.2. The van der Waals surface area contributed by atoms with Crippen LogP contribution in [0.1, 0.15) is 130 Å². The second-order valence-corrected chi connectivity index (χ2v) is 9.73. The van der Waals surface area contributed by atoms with Gasteiger partial charge in [-0.05, 0) is 43.0 Å². The molecule has 1 atom stereocenters. The van der Waals surface area contributed by atoms with Crippen molar-refractivity contribution in [3.8, 4) is 0 Å². The van der Waals surface area contributed by atoms with Gasteiger partial charge in [-0.1, -0.05) is 114 Å². The van der Waals surface area contributed by atoms with Gasteiger partial charge in [0.15, 0.2) is 0 Å². The molecule has 0 amide bonds. The second-order valence-electron chi connectivity index (χ2n) is 8.65. The van der Waals surface area contributed by atoms with Crippen molar-refractivity contribution in [2.24, 2.45) is 5.92 Å². The zero-order valence-electron chi connectivity index (χ0n) is 20.8. The molecule has 0 spiro atoms. The Hall–Kier alpha value is 0.610.